The fraction of sp³-hybridized carbons (Fsp3) is 0.333. The van der Waals surface area contributed by atoms with Crippen LogP contribution in [0.3, 0.4) is 0 Å². The highest BCUT2D eigenvalue weighted by Crippen LogP contribution is 2.25. The summed E-state index contributed by atoms with van der Waals surface area (Å²) in [6.45, 7) is 8.82. The fourth-order valence-electron chi connectivity index (χ4n) is 2.06. The number of benzene rings is 2. The monoisotopic (exact) mass is 244 g/mol. The Morgan fingerprint density at radius 3 is 2.24 bits per heavy atom. The third-order valence-corrected chi connectivity index (χ3v) is 3.83. The fourth-order valence-corrected chi connectivity index (χ4v) is 3.26. The highest BCUT2D eigenvalue weighted by Gasteiger charge is 2.19. The lowest BCUT2D eigenvalue weighted by Gasteiger charge is -2.24. The van der Waals surface area contributed by atoms with Gasteiger partial charge in [0.25, 0.3) is 0 Å². The molecule has 2 rings (SSSR count). The van der Waals surface area contributed by atoms with Gasteiger partial charge in [0.05, 0.1) is 6.10 Å². The van der Waals surface area contributed by atoms with E-state index < -0.39 is 8.32 Å². The molecule has 0 fully saturated rings. The minimum absolute atomic E-state index is 0.186. The van der Waals surface area contributed by atoms with Crippen molar-refractivity contribution in [3.63, 3.8) is 0 Å². The smallest absolute Gasteiger partial charge is 0.184 e. The van der Waals surface area contributed by atoms with Crippen LogP contribution in [0.25, 0.3) is 10.8 Å². The van der Waals surface area contributed by atoms with Crippen molar-refractivity contribution < 1.29 is 4.43 Å². The molecule has 0 saturated carbocycles. The van der Waals surface area contributed by atoms with Crippen LogP contribution in [0.1, 0.15) is 18.6 Å². The summed E-state index contributed by atoms with van der Waals surface area (Å²) in [5.41, 5.74) is 1.27. The van der Waals surface area contributed by atoms with Gasteiger partial charge < -0.3 is 4.43 Å². The third-order valence-electron chi connectivity index (χ3n) is 2.77. The Kier molecular flexibility index (Phi) is 3.36. The van der Waals surface area contributed by atoms with Gasteiger partial charge in [-0.15, -0.1) is 0 Å². The van der Waals surface area contributed by atoms with E-state index in [1.165, 1.54) is 16.3 Å². The summed E-state index contributed by atoms with van der Waals surface area (Å²) in [7, 11) is -1.47. The van der Waals surface area contributed by atoms with Crippen LogP contribution in [0, 0.1) is 0 Å². The van der Waals surface area contributed by atoms with Gasteiger partial charge in [-0.1, -0.05) is 36.4 Å². The normalized spacial score (nSPS) is 13.9. The molecule has 0 spiro atoms. The second kappa shape index (κ2) is 4.63. The van der Waals surface area contributed by atoms with Crippen LogP contribution < -0.4 is 0 Å². The van der Waals surface area contributed by atoms with Gasteiger partial charge in [-0.05, 0) is 49.0 Å². The van der Waals surface area contributed by atoms with E-state index in [-0.39, 0.29) is 6.10 Å². The molecular weight excluding hydrogens is 224 g/mol. The average molecular weight is 244 g/mol. The molecule has 1 nitrogen and oxygen atoms in total. The van der Waals surface area contributed by atoms with E-state index >= 15 is 0 Å². The van der Waals surface area contributed by atoms with Crippen LogP contribution in [0.2, 0.25) is 19.6 Å². The molecule has 0 aliphatic carbocycles. The molecule has 0 N–H and O–H groups in total. The molecule has 0 amide bonds. The highest BCUT2D eigenvalue weighted by molar-refractivity contribution is 6.69. The molecule has 1 unspecified atom stereocenters. The Labute approximate surface area is 105 Å². The first-order valence-corrected chi connectivity index (χ1v) is 9.53. The van der Waals surface area contributed by atoms with Crippen molar-refractivity contribution in [3.8, 4) is 0 Å². The standard InChI is InChI=1S/C15H20OSi/c1-12(16-17(2,3)4)14-10-9-13-7-5-6-8-15(13)11-14/h5-12H,1-4H3. The predicted molar refractivity (Wildman–Crippen MR) is 76.8 cm³/mol. The van der Waals surface area contributed by atoms with Gasteiger partial charge in [-0.3, -0.25) is 0 Å². The van der Waals surface area contributed by atoms with E-state index in [4.69, 9.17) is 4.43 Å². The maximum absolute atomic E-state index is 6.11. The van der Waals surface area contributed by atoms with Crippen LogP contribution in [0.5, 0.6) is 0 Å². The second-order valence-corrected chi connectivity index (χ2v) is 9.94. The summed E-state index contributed by atoms with van der Waals surface area (Å²) < 4.78 is 6.11. The third kappa shape index (κ3) is 3.17. The van der Waals surface area contributed by atoms with E-state index in [0.717, 1.165) is 0 Å². The molecule has 0 aromatic heterocycles. The first kappa shape index (κ1) is 12.3. The SMILES string of the molecule is CC(O[Si](C)(C)C)c1ccc2ccccc2c1. The van der Waals surface area contributed by atoms with Crippen molar-refractivity contribution in [1.82, 2.24) is 0 Å². The summed E-state index contributed by atoms with van der Waals surface area (Å²) in [5.74, 6) is 0. The largest absolute Gasteiger partial charge is 0.411 e. The Morgan fingerprint density at radius 1 is 0.941 bits per heavy atom. The highest BCUT2D eigenvalue weighted by atomic mass is 28.4. The van der Waals surface area contributed by atoms with E-state index in [1.54, 1.807) is 0 Å². The van der Waals surface area contributed by atoms with Crippen LogP contribution in [0.15, 0.2) is 42.5 Å². The minimum atomic E-state index is -1.47. The number of hydrogen-bond donors (Lipinski definition) is 0. The lowest BCUT2D eigenvalue weighted by molar-refractivity contribution is 0.219. The Morgan fingerprint density at radius 2 is 1.59 bits per heavy atom. The zero-order chi connectivity index (χ0) is 12.5. The molecule has 0 heterocycles. The predicted octanol–water partition coefficient (Wildman–Crippen LogP) is 4.75. The van der Waals surface area contributed by atoms with Crippen LogP contribution in [-0.4, -0.2) is 8.32 Å². The zero-order valence-corrected chi connectivity index (χ0v) is 12.0. The van der Waals surface area contributed by atoms with E-state index in [9.17, 15) is 0 Å². The van der Waals surface area contributed by atoms with E-state index in [0.29, 0.717) is 0 Å². The molecule has 0 radical (unpaired) electrons. The van der Waals surface area contributed by atoms with Crippen molar-refractivity contribution >= 4 is 19.1 Å². The van der Waals surface area contributed by atoms with E-state index in [2.05, 4.69) is 69.0 Å². The first-order valence-electron chi connectivity index (χ1n) is 6.12. The van der Waals surface area contributed by atoms with Crippen molar-refractivity contribution in [2.45, 2.75) is 32.7 Å². The van der Waals surface area contributed by atoms with Crippen molar-refractivity contribution in [1.29, 1.82) is 0 Å². The molecule has 1 atom stereocenters. The molecule has 0 aliphatic rings. The average Bonchev–Trinajstić information content (AvgIpc) is 2.26. The lowest BCUT2D eigenvalue weighted by Crippen LogP contribution is -2.26. The molecule has 90 valence electrons. The summed E-state index contributed by atoms with van der Waals surface area (Å²) in [6.07, 6.45) is 0.186. The molecule has 2 heteroatoms. The van der Waals surface area contributed by atoms with Gasteiger partial charge in [-0.25, -0.2) is 0 Å². The van der Waals surface area contributed by atoms with E-state index in [1.807, 2.05) is 0 Å². The Bertz CT molecular complexity index is 514. The lowest BCUT2D eigenvalue weighted by atomic mass is 10.0. The molecule has 0 bridgehead atoms. The topological polar surface area (TPSA) is 9.23 Å². The molecular formula is C15H20OSi. The summed E-state index contributed by atoms with van der Waals surface area (Å²) in [4.78, 5) is 0. The Balaban J connectivity index is 2.30. The quantitative estimate of drug-likeness (QED) is 0.708. The summed E-state index contributed by atoms with van der Waals surface area (Å²) in [5, 5.41) is 2.58. The zero-order valence-electron chi connectivity index (χ0n) is 11.0. The first-order chi connectivity index (χ1) is 7.96. The molecule has 2 aromatic carbocycles. The van der Waals surface area contributed by atoms with Gasteiger partial charge in [0.2, 0.25) is 0 Å². The molecule has 0 aliphatic heterocycles. The van der Waals surface area contributed by atoms with Crippen molar-refractivity contribution in [2.24, 2.45) is 0 Å². The number of fused-ring (bicyclic) bond motifs is 1. The molecule has 17 heavy (non-hydrogen) atoms. The van der Waals surface area contributed by atoms with Gasteiger partial charge in [0.1, 0.15) is 0 Å². The maximum Gasteiger partial charge on any atom is 0.184 e. The number of rotatable bonds is 3. The summed E-state index contributed by atoms with van der Waals surface area (Å²) in [6, 6.07) is 15.0. The maximum atomic E-state index is 6.11. The van der Waals surface area contributed by atoms with Gasteiger partial charge in [-0.2, -0.15) is 0 Å². The van der Waals surface area contributed by atoms with Gasteiger partial charge >= 0.3 is 0 Å². The Hall–Kier alpha value is -1.12. The van der Waals surface area contributed by atoms with Gasteiger partial charge in [0, 0.05) is 0 Å². The molecule has 0 saturated heterocycles. The van der Waals surface area contributed by atoms with Crippen LogP contribution in [-0.2, 0) is 4.43 Å². The van der Waals surface area contributed by atoms with Crippen molar-refractivity contribution in [2.75, 3.05) is 0 Å². The number of hydrogen-bond acceptors (Lipinski definition) is 1. The second-order valence-electron chi connectivity index (χ2n) is 5.48. The van der Waals surface area contributed by atoms with Gasteiger partial charge in [0.15, 0.2) is 8.32 Å². The van der Waals surface area contributed by atoms with Crippen molar-refractivity contribution in [3.05, 3.63) is 48.0 Å². The molecule has 2 aromatic rings. The minimum Gasteiger partial charge on any atom is -0.411 e. The van der Waals surface area contributed by atoms with Crippen LogP contribution in [0.4, 0.5) is 0 Å². The summed E-state index contributed by atoms with van der Waals surface area (Å²) >= 11 is 0. The van der Waals surface area contributed by atoms with Crippen LogP contribution >= 0.6 is 0 Å².